The molecule has 0 aliphatic carbocycles. The van der Waals surface area contributed by atoms with Crippen LogP contribution in [-0.4, -0.2) is 29.8 Å². The number of hydrogen-bond donors (Lipinski definition) is 2. The molecule has 0 spiro atoms. The largest absolute Gasteiger partial charge is 0.507 e. The molecule has 0 aliphatic heterocycles. The summed E-state index contributed by atoms with van der Waals surface area (Å²) in [6.45, 7) is 1.91. The molecule has 7 heteroatoms. The Bertz CT molecular complexity index is 888. The molecular formula is C17H16N2O5. The summed E-state index contributed by atoms with van der Waals surface area (Å²) in [5, 5.41) is 13.0. The highest BCUT2D eigenvalue weighted by Crippen LogP contribution is 2.31. The number of aromatic hydroxyl groups is 1. The first-order chi connectivity index (χ1) is 11.6. The first-order valence-corrected chi connectivity index (χ1v) is 7.33. The summed E-state index contributed by atoms with van der Waals surface area (Å²) in [5.41, 5.74) is 1.49. The van der Waals surface area contributed by atoms with Crippen LogP contribution in [0.1, 0.15) is 17.3 Å². The number of aromatic nitrogens is 1. The Balaban J connectivity index is 1.95. The first kappa shape index (κ1) is 15.7. The number of phenols is 1. The molecule has 3 aromatic rings. The molecule has 0 unspecified atom stereocenters. The summed E-state index contributed by atoms with van der Waals surface area (Å²) >= 11 is 0. The van der Waals surface area contributed by atoms with Gasteiger partial charge in [0.1, 0.15) is 22.6 Å². The molecule has 124 valence electrons. The molecule has 0 saturated heterocycles. The Morgan fingerprint density at radius 1 is 1.33 bits per heavy atom. The van der Waals surface area contributed by atoms with Gasteiger partial charge in [-0.1, -0.05) is 12.1 Å². The minimum Gasteiger partial charge on any atom is -0.507 e. The van der Waals surface area contributed by atoms with Crippen molar-refractivity contribution in [2.45, 2.75) is 6.92 Å². The van der Waals surface area contributed by atoms with Gasteiger partial charge in [0.25, 0.3) is 6.01 Å². The van der Waals surface area contributed by atoms with Crippen LogP contribution in [0.2, 0.25) is 0 Å². The number of ether oxygens (including phenoxy) is 2. The number of nitrogens with one attached hydrogen (secondary N) is 1. The molecule has 0 aliphatic rings. The smallest absolute Gasteiger partial charge is 0.341 e. The molecule has 3 rings (SSSR count). The SMILES string of the molecule is CCOC(=O)c1cc2nc(Nc3ccccc3OC)oc2cc1O. The maximum absolute atomic E-state index is 11.8. The van der Waals surface area contributed by atoms with Crippen molar-refractivity contribution in [3.8, 4) is 11.5 Å². The number of phenolic OH excluding ortho intramolecular Hbond substituents is 1. The number of anilines is 2. The Morgan fingerprint density at radius 3 is 2.88 bits per heavy atom. The maximum atomic E-state index is 11.8. The van der Waals surface area contributed by atoms with Crippen LogP contribution in [-0.2, 0) is 4.74 Å². The minimum atomic E-state index is -0.612. The van der Waals surface area contributed by atoms with Crippen molar-refractivity contribution in [2.75, 3.05) is 19.0 Å². The second-order valence-corrected chi connectivity index (χ2v) is 4.90. The van der Waals surface area contributed by atoms with Gasteiger partial charge in [0.05, 0.1) is 19.4 Å². The number of hydrogen-bond acceptors (Lipinski definition) is 7. The normalized spacial score (nSPS) is 10.6. The number of oxazole rings is 1. The average molecular weight is 328 g/mol. The predicted molar refractivity (Wildman–Crippen MR) is 87.9 cm³/mol. The van der Waals surface area contributed by atoms with E-state index in [0.717, 1.165) is 0 Å². The van der Waals surface area contributed by atoms with Crippen molar-refractivity contribution in [1.29, 1.82) is 0 Å². The quantitative estimate of drug-likeness (QED) is 0.693. The first-order valence-electron chi connectivity index (χ1n) is 7.33. The predicted octanol–water partition coefficient (Wildman–Crippen LogP) is 3.46. The van der Waals surface area contributed by atoms with Gasteiger partial charge in [-0.2, -0.15) is 4.98 Å². The molecular weight excluding hydrogens is 312 g/mol. The van der Waals surface area contributed by atoms with Gasteiger partial charge in [-0.05, 0) is 25.1 Å². The summed E-state index contributed by atoms with van der Waals surface area (Å²) in [4.78, 5) is 16.1. The molecule has 2 aromatic carbocycles. The van der Waals surface area contributed by atoms with E-state index in [-0.39, 0.29) is 23.9 Å². The summed E-state index contributed by atoms with van der Waals surface area (Å²) in [7, 11) is 1.57. The monoisotopic (exact) mass is 328 g/mol. The zero-order valence-corrected chi connectivity index (χ0v) is 13.2. The number of rotatable bonds is 5. The Labute approximate surface area is 137 Å². The summed E-state index contributed by atoms with van der Waals surface area (Å²) in [5.74, 6) is -0.199. The third kappa shape index (κ3) is 2.96. The van der Waals surface area contributed by atoms with Crippen LogP contribution in [0.25, 0.3) is 11.1 Å². The maximum Gasteiger partial charge on any atom is 0.341 e. The van der Waals surface area contributed by atoms with Crippen LogP contribution >= 0.6 is 0 Å². The number of carbonyl (C=O) groups excluding carboxylic acids is 1. The van der Waals surface area contributed by atoms with Gasteiger partial charge in [0, 0.05) is 6.07 Å². The van der Waals surface area contributed by atoms with E-state index in [1.807, 2.05) is 18.2 Å². The van der Waals surface area contributed by atoms with E-state index in [1.54, 1.807) is 20.1 Å². The topological polar surface area (TPSA) is 93.8 Å². The zero-order valence-electron chi connectivity index (χ0n) is 13.2. The van der Waals surface area contributed by atoms with Crippen molar-refractivity contribution in [2.24, 2.45) is 0 Å². The lowest BCUT2D eigenvalue weighted by atomic mass is 10.2. The molecule has 0 saturated carbocycles. The van der Waals surface area contributed by atoms with Gasteiger partial charge >= 0.3 is 5.97 Å². The fourth-order valence-electron chi connectivity index (χ4n) is 2.25. The number of methoxy groups -OCH3 is 1. The van der Waals surface area contributed by atoms with Gasteiger partial charge < -0.3 is 24.3 Å². The van der Waals surface area contributed by atoms with Gasteiger partial charge in [-0.3, -0.25) is 0 Å². The highest BCUT2D eigenvalue weighted by molar-refractivity contribution is 5.96. The Morgan fingerprint density at radius 2 is 2.12 bits per heavy atom. The molecule has 7 nitrogen and oxygen atoms in total. The molecule has 1 heterocycles. The summed E-state index contributed by atoms with van der Waals surface area (Å²) < 4.78 is 15.7. The van der Waals surface area contributed by atoms with Crippen molar-refractivity contribution in [1.82, 2.24) is 4.98 Å². The second kappa shape index (κ2) is 6.49. The van der Waals surface area contributed by atoms with E-state index >= 15 is 0 Å². The van der Waals surface area contributed by atoms with Crippen LogP contribution in [0, 0.1) is 0 Å². The molecule has 0 radical (unpaired) electrons. The molecule has 2 N–H and O–H groups in total. The Kier molecular flexibility index (Phi) is 4.24. The third-order valence-corrected chi connectivity index (χ3v) is 3.35. The fourth-order valence-corrected chi connectivity index (χ4v) is 2.25. The molecule has 24 heavy (non-hydrogen) atoms. The lowest BCUT2D eigenvalue weighted by Gasteiger charge is -2.07. The highest BCUT2D eigenvalue weighted by atomic mass is 16.5. The molecule has 0 atom stereocenters. The van der Waals surface area contributed by atoms with Gasteiger partial charge in [0.2, 0.25) is 0 Å². The fraction of sp³-hybridized carbons (Fsp3) is 0.176. The molecule has 0 amide bonds. The van der Waals surface area contributed by atoms with Gasteiger partial charge in [-0.25, -0.2) is 4.79 Å². The second-order valence-electron chi connectivity index (χ2n) is 4.90. The number of para-hydroxylation sites is 2. The van der Waals surface area contributed by atoms with Crippen LogP contribution in [0.3, 0.4) is 0 Å². The Hall–Kier alpha value is -3.22. The van der Waals surface area contributed by atoms with Crippen molar-refractivity contribution < 1.29 is 23.8 Å². The van der Waals surface area contributed by atoms with Crippen molar-refractivity contribution >= 4 is 28.8 Å². The standard InChI is InChI=1S/C17H16N2O5/c1-3-23-16(21)10-8-12-15(9-13(10)20)24-17(19-12)18-11-6-4-5-7-14(11)22-2/h4-9,20H,3H2,1-2H3,(H,18,19). The van der Waals surface area contributed by atoms with Crippen LogP contribution in [0.15, 0.2) is 40.8 Å². The third-order valence-electron chi connectivity index (χ3n) is 3.35. The number of nitrogens with zero attached hydrogens (tertiary/aromatic N) is 1. The highest BCUT2D eigenvalue weighted by Gasteiger charge is 2.17. The minimum absolute atomic E-state index is 0.0430. The van der Waals surface area contributed by atoms with Crippen molar-refractivity contribution in [3.63, 3.8) is 0 Å². The number of esters is 1. The van der Waals surface area contributed by atoms with E-state index in [4.69, 9.17) is 13.9 Å². The average Bonchev–Trinajstić information content (AvgIpc) is 2.95. The number of fused-ring (bicyclic) bond motifs is 1. The van der Waals surface area contributed by atoms with Crippen molar-refractivity contribution in [3.05, 3.63) is 42.0 Å². The van der Waals surface area contributed by atoms with E-state index in [2.05, 4.69) is 10.3 Å². The van der Waals surface area contributed by atoms with Gasteiger partial charge in [0.15, 0.2) is 5.58 Å². The molecule has 0 bridgehead atoms. The number of carbonyl (C=O) groups is 1. The van der Waals surface area contributed by atoms with Gasteiger partial charge in [-0.15, -0.1) is 0 Å². The van der Waals surface area contributed by atoms with Crippen LogP contribution in [0.4, 0.5) is 11.7 Å². The lowest BCUT2D eigenvalue weighted by molar-refractivity contribution is 0.0523. The van der Waals surface area contributed by atoms with Crippen LogP contribution < -0.4 is 10.1 Å². The summed E-state index contributed by atoms with van der Waals surface area (Å²) in [6, 6.07) is 10.3. The van der Waals surface area contributed by atoms with E-state index in [0.29, 0.717) is 22.5 Å². The molecule has 0 fully saturated rings. The van der Waals surface area contributed by atoms with E-state index in [9.17, 15) is 9.90 Å². The lowest BCUT2D eigenvalue weighted by Crippen LogP contribution is -2.04. The van der Waals surface area contributed by atoms with Crippen LogP contribution in [0.5, 0.6) is 11.5 Å². The van der Waals surface area contributed by atoms with E-state index < -0.39 is 5.97 Å². The number of benzene rings is 2. The van der Waals surface area contributed by atoms with E-state index in [1.165, 1.54) is 12.1 Å². The molecule has 1 aromatic heterocycles. The zero-order chi connectivity index (χ0) is 17.1. The summed E-state index contributed by atoms with van der Waals surface area (Å²) in [6.07, 6.45) is 0.